The van der Waals surface area contributed by atoms with Gasteiger partial charge in [-0.15, -0.1) is 0 Å². The van der Waals surface area contributed by atoms with Crippen molar-refractivity contribution in [2.45, 2.75) is 23.8 Å². The minimum absolute atomic E-state index is 0.235. The first-order chi connectivity index (χ1) is 12.7. The molecule has 0 unspecified atom stereocenters. The number of hydrogen-bond acceptors (Lipinski definition) is 4. The van der Waals surface area contributed by atoms with Crippen LogP contribution in [0.25, 0.3) is 17.1 Å². The predicted octanol–water partition coefficient (Wildman–Crippen LogP) is 4.86. The first kappa shape index (κ1) is 16.9. The van der Waals surface area contributed by atoms with E-state index < -0.39 is 0 Å². The molecule has 5 heteroatoms. The molecule has 1 aliphatic rings. The molecule has 4 nitrogen and oxygen atoms in total. The molecule has 0 radical (unpaired) electrons. The first-order valence-electron chi connectivity index (χ1n) is 8.69. The molecule has 4 rings (SSSR count). The number of thioether (sulfide) groups is 1. The van der Waals surface area contributed by atoms with Gasteiger partial charge in [0.25, 0.3) is 0 Å². The van der Waals surface area contributed by atoms with Gasteiger partial charge in [0.15, 0.2) is 10.9 Å². The summed E-state index contributed by atoms with van der Waals surface area (Å²) in [6, 6.07) is 14.0. The molecule has 1 saturated carbocycles. The van der Waals surface area contributed by atoms with Crippen LogP contribution in [0, 0.1) is 5.92 Å². The van der Waals surface area contributed by atoms with E-state index in [1.807, 2.05) is 42.5 Å². The summed E-state index contributed by atoms with van der Waals surface area (Å²) in [4.78, 5) is 19.8. The van der Waals surface area contributed by atoms with Crippen molar-refractivity contribution in [2.75, 3.05) is 7.11 Å². The SMILES string of the molecule is COc1ccc(/C=C/C(=O)C2CC2)cc1CSc1nc2ccccc2[nH]1. The number of nitrogens with zero attached hydrogens (tertiary/aromatic N) is 1. The number of fused-ring (bicyclic) bond motifs is 1. The van der Waals surface area contributed by atoms with Crippen LogP contribution in [0.4, 0.5) is 0 Å². The highest BCUT2D eigenvalue weighted by Crippen LogP contribution is 2.31. The van der Waals surface area contributed by atoms with E-state index in [0.717, 1.165) is 51.7 Å². The molecule has 0 bridgehead atoms. The lowest BCUT2D eigenvalue weighted by molar-refractivity contribution is -0.115. The molecule has 0 spiro atoms. The maximum Gasteiger partial charge on any atom is 0.166 e. The van der Waals surface area contributed by atoms with Crippen molar-refractivity contribution in [1.82, 2.24) is 9.97 Å². The first-order valence-corrected chi connectivity index (χ1v) is 9.68. The number of allylic oxidation sites excluding steroid dienone is 1. The van der Waals surface area contributed by atoms with E-state index in [2.05, 4.69) is 16.0 Å². The van der Waals surface area contributed by atoms with Crippen molar-refractivity contribution in [3.05, 3.63) is 59.7 Å². The Balaban J connectivity index is 1.50. The number of benzene rings is 2. The third-order valence-electron chi connectivity index (χ3n) is 4.46. The van der Waals surface area contributed by atoms with E-state index >= 15 is 0 Å². The third-order valence-corrected chi connectivity index (χ3v) is 5.38. The Morgan fingerprint density at radius 3 is 2.92 bits per heavy atom. The van der Waals surface area contributed by atoms with Crippen molar-refractivity contribution < 1.29 is 9.53 Å². The van der Waals surface area contributed by atoms with Gasteiger partial charge in [-0.3, -0.25) is 4.79 Å². The number of aromatic amines is 1. The van der Waals surface area contributed by atoms with Crippen LogP contribution in [0.5, 0.6) is 5.75 Å². The Bertz CT molecular complexity index is 940. The Hall–Kier alpha value is -2.53. The standard InChI is InChI=1S/C21H20N2O2S/c1-25-20-11-7-14(6-10-19(24)15-8-9-15)12-16(20)13-26-21-22-17-4-2-3-5-18(17)23-21/h2-7,10-12,15H,8-9,13H2,1H3,(H,22,23)/b10-6+. The maximum atomic E-state index is 11.9. The summed E-state index contributed by atoms with van der Waals surface area (Å²) in [6.07, 6.45) is 5.67. The van der Waals surface area contributed by atoms with Crippen molar-refractivity contribution in [1.29, 1.82) is 0 Å². The average molecular weight is 364 g/mol. The van der Waals surface area contributed by atoms with E-state index in [-0.39, 0.29) is 11.7 Å². The number of hydrogen-bond donors (Lipinski definition) is 1. The molecule has 1 fully saturated rings. The summed E-state index contributed by atoms with van der Waals surface area (Å²) in [5, 5.41) is 0.887. The zero-order valence-corrected chi connectivity index (χ0v) is 15.4. The number of imidazole rings is 1. The Morgan fingerprint density at radius 2 is 2.15 bits per heavy atom. The van der Waals surface area contributed by atoms with Crippen LogP contribution in [0.15, 0.2) is 53.7 Å². The largest absolute Gasteiger partial charge is 0.496 e. The molecule has 0 atom stereocenters. The van der Waals surface area contributed by atoms with Crippen LogP contribution in [-0.2, 0) is 10.5 Å². The zero-order valence-electron chi connectivity index (χ0n) is 14.6. The van der Waals surface area contributed by atoms with Gasteiger partial charge in [0.2, 0.25) is 0 Å². The monoisotopic (exact) mass is 364 g/mol. The smallest absolute Gasteiger partial charge is 0.166 e. The number of carbonyl (C=O) groups is 1. The van der Waals surface area contributed by atoms with E-state index in [0.29, 0.717) is 0 Å². The summed E-state index contributed by atoms with van der Waals surface area (Å²) < 4.78 is 5.49. The van der Waals surface area contributed by atoms with Gasteiger partial charge >= 0.3 is 0 Å². The normalized spacial score (nSPS) is 14.2. The fraction of sp³-hybridized carbons (Fsp3) is 0.238. The topological polar surface area (TPSA) is 55.0 Å². The van der Waals surface area contributed by atoms with Crippen molar-refractivity contribution in [2.24, 2.45) is 5.92 Å². The second kappa shape index (κ2) is 7.38. The summed E-state index contributed by atoms with van der Waals surface area (Å²) >= 11 is 1.64. The maximum absolute atomic E-state index is 11.9. The number of methoxy groups -OCH3 is 1. The summed E-state index contributed by atoms with van der Waals surface area (Å²) in [7, 11) is 1.68. The molecule has 0 aliphatic heterocycles. The number of ether oxygens (including phenoxy) is 1. The van der Waals surface area contributed by atoms with E-state index in [1.54, 1.807) is 24.9 Å². The zero-order chi connectivity index (χ0) is 17.9. The highest BCUT2D eigenvalue weighted by molar-refractivity contribution is 7.98. The summed E-state index contributed by atoms with van der Waals surface area (Å²) in [5.74, 6) is 2.08. The number of rotatable bonds is 7. The van der Waals surface area contributed by atoms with Gasteiger partial charge in [-0.1, -0.05) is 36.0 Å². The molecular weight excluding hydrogens is 344 g/mol. The molecule has 2 aromatic carbocycles. The van der Waals surface area contributed by atoms with Gasteiger partial charge in [-0.2, -0.15) is 0 Å². The van der Waals surface area contributed by atoms with E-state index in [1.165, 1.54) is 0 Å². The lowest BCUT2D eigenvalue weighted by atomic mass is 10.1. The number of nitrogens with one attached hydrogen (secondary N) is 1. The quantitative estimate of drug-likeness (QED) is 0.481. The minimum atomic E-state index is 0.235. The van der Waals surface area contributed by atoms with Crippen molar-refractivity contribution in [3.63, 3.8) is 0 Å². The molecule has 0 amide bonds. The van der Waals surface area contributed by atoms with Crippen LogP contribution in [0.1, 0.15) is 24.0 Å². The van der Waals surface area contributed by atoms with Crippen LogP contribution in [0.3, 0.4) is 0 Å². The Morgan fingerprint density at radius 1 is 1.31 bits per heavy atom. The highest BCUT2D eigenvalue weighted by atomic mass is 32.2. The average Bonchev–Trinajstić information content (AvgIpc) is 3.44. The second-order valence-corrected chi connectivity index (χ2v) is 7.39. The minimum Gasteiger partial charge on any atom is -0.496 e. The molecule has 132 valence electrons. The van der Waals surface area contributed by atoms with E-state index in [4.69, 9.17) is 4.74 Å². The second-order valence-electron chi connectivity index (χ2n) is 6.43. The van der Waals surface area contributed by atoms with Crippen molar-refractivity contribution >= 4 is 34.7 Å². The van der Waals surface area contributed by atoms with Crippen LogP contribution < -0.4 is 4.74 Å². The molecule has 0 saturated heterocycles. The number of para-hydroxylation sites is 2. The number of carbonyl (C=O) groups excluding carboxylic acids is 1. The Kier molecular flexibility index (Phi) is 4.80. The van der Waals surface area contributed by atoms with Gasteiger partial charge in [0, 0.05) is 17.2 Å². The lowest BCUT2D eigenvalue weighted by Crippen LogP contribution is -1.94. The van der Waals surface area contributed by atoms with Crippen LogP contribution in [0.2, 0.25) is 0 Å². The Labute approximate surface area is 156 Å². The lowest BCUT2D eigenvalue weighted by Gasteiger charge is -2.08. The number of aromatic nitrogens is 2. The molecule has 1 heterocycles. The summed E-state index contributed by atoms with van der Waals surface area (Å²) in [5.41, 5.74) is 4.11. The fourth-order valence-electron chi connectivity index (χ4n) is 2.84. The molecule has 1 aliphatic carbocycles. The summed E-state index contributed by atoms with van der Waals surface area (Å²) in [6.45, 7) is 0. The van der Waals surface area contributed by atoms with Gasteiger partial charge in [0.05, 0.1) is 18.1 Å². The van der Waals surface area contributed by atoms with Crippen molar-refractivity contribution in [3.8, 4) is 5.75 Å². The third kappa shape index (κ3) is 3.83. The fourth-order valence-corrected chi connectivity index (χ4v) is 3.70. The van der Waals surface area contributed by atoms with Crippen LogP contribution in [-0.4, -0.2) is 22.9 Å². The number of H-pyrrole nitrogens is 1. The molecular formula is C21H20N2O2S. The van der Waals surface area contributed by atoms with Gasteiger partial charge < -0.3 is 9.72 Å². The highest BCUT2D eigenvalue weighted by Gasteiger charge is 2.27. The van der Waals surface area contributed by atoms with Gasteiger partial charge in [-0.05, 0) is 48.7 Å². The molecule has 1 N–H and O–H groups in total. The molecule has 26 heavy (non-hydrogen) atoms. The predicted molar refractivity (Wildman–Crippen MR) is 105 cm³/mol. The van der Waals surface area contributed by atoms with E-state index in [9.17, 15) is 4.79 Å². The van der Waals surface area contributed by atoms with Gasteiger partial charge in [0.1, 0.15) is 5.75 Å². The van der Waals surface area contributed by atoms with Crippen LogP contribution >= 0.6 is 11.8 Å². The molecule has 1 aromatic heterocycles. The van der Waals surface area contributed by atoms with Gasteiger partial charge in [-0.25, -0.2) is 4.98 Å². The molecule has 3 aromatic rings. The number of ketones is 1.